The monoisotopic (exact) mass is 445 g/mol. The lowest BCUT2D eigenvalue weighted by Crippen LogP contribution is -2.05. The van der Waals surface area contributed by atoms with E-state index in [1.165, 1.54) is 12.1 Å². The smallest absolute Gasteiger partial charge is 0.225 e. The molecule has 0 saturated heterocycles. The summed E-state index contributed by atoms with van der Waals surface area (Å²) in [6.07, 6.45) is 3.44. The molecule has 0 spiro atoms. The fourth-order valence-electron chi connectivity index (χ4n) is 3.40. The number of pyridine rings is 1. The van der Waals surface area contributed by atoms with Gasteiger partial charge in [0.15, 0.2) is 5.65 Å². The summed E-state index contributed by atoms with van der Waals surface area (Å²) in [5, 5.41) is 8.87. The first-order valence-electron chi connectivity index (χ1n) is 9.80. The summed E-state index contributed by atoms with van der Waals surface area (Å²) in [5.74, 6) is 0.375. The number of rotatable bonds is 5. The Morgan fingerprint density at radius 1 is 0.969 bits per heavy atom. The highest BCUT2D eigenvalue weighted by Crippen LogP contribution is 2.34. The second-order valence-electron chi connectivity index (χ2n) is 7.06. The normalized spacial score (nSPS) is 11.1. The van der Waals surface area contributed by atoms with E-state index in [-0.39, 0.29) is 5.82 Å². The molecule has 0 amide bonds. The molecule has 0 radical (unpaired) electrons. The van der Waals surface area contributed by atoms with Crippen LogP contribution in [0.15, 0.2) is 73.1 Å². The third-order valence-electron chi connectivity index (χ3n) is 4.97. The quantitative estimate of drug-likeness (QED) is 0.401. The molecule has 158 valence electrons. The number of nitrogens with two attached hydrogens (primary N) is 1. The highest BCUT2D eigenvalue weighted by atomic mass is 35.5. The summed E-state index contributed by atoms with van der Waals surface area (Å²) in [5.41, 5.74) is 9.76. The summed E-state index contributed by atoms with van der Waals surface area (Å²) in [4.78, 5) is 13.3. The minimum absolute atomic E-state index is 0.338. The van der Waals surface area contributed by atoms with Crippen LogP contribution in [0.3, 0.4) is 0 Å². The van der Waals surface area contributed by atoms with Crippen LogP contribution in [0.4, 0.5) is 16.2 Å². The molecular weight excluding hydrogens is 429 g/mol. The minimum Gasteiger partial charge on any atom is -0.383 e. The van der Waals surface area contributed by atoms with Gasteiger partial charge in [-0.1, -0.05) is 23.7 Å². The molecule has 0 atom stereocenters. The van der Waals surface area contributed by atoms with Crippen molar-refractivity contribution in [3.05, 3.63) is 89.5 Å². The molecule has 0 bridgehead atoms. The van der Waals surface area contributed by atoms with Gasteiger partial charge in [0.05, 0.1) is 21.8 Å². The number of hydrogen-bond donors (Lipinski definition) is 2. The molecule has 7 nitrogen and oxygen atoms in total. The maximum atomic E-state index is 13.5. The average Bonchev–Trinajstić information content (AvgIpc) is 3.15. The van der Waals surface area contributed by atoms with Crippen molar-refractivity contribution in [3.8, 4) is 16.9 Å². The predicted octanol–water partition coefficient (Wildman–Crippen LogP) is 4.86. The van der Waals surface area contributed by atoms with Crippen LogP contribution in [0, 0.1) is 5.82 Å². The molecule has 0 fully saturated rings. The van der Waals surface area contributed by atoms with Crippen LogP contribution in [0.1, 0.15) is 5.56 Å². The maximum absolute atomic E-state index is 13.5. The van der Waals surface area contributed by atoms with Crippen molar-refractivity contribution in [2.24, 2.45) is 0 Å². The standard InChI is InChI=1S/C23H17ClFN7/c24-17-3-1-2-4-18(17)32-21(26)19-20(15-5-7-16(25)8-6-15)29-23(30-22(19)31-32)28-13-14-9-11-27-12-10-14/h1-12H,13,26H2,(H,28,30,31). The number of nitrogens with one attached hydrogen (secondary N) is 1. The zero-order chi connectivity index (χ0) is 22.1. The Morgan fingerprint density at radius 3 is 2.47 bits per heavy atom. The van der Waals surface area contributed by atoms with Crippen molar-refractivity contribution in [1.82, 2.24) is 24.7 Å². The highest BCUT2D eigenvalue weighted by molar-refractivity contribution is 6.32. The van der Waals surface area contributed by atoms with Crippen molar-refractivity contribution < 1.29 is 4.39 Å². The molecule has 3 heterocycles. The molecule has 0 aliphatic rings. The lowest BCUT2D eigenvalue weighted by atomic mass is 10.1. The first-order chi connectivity index (χ1) is 15.6. The molecule has 0 saturated carbocycles. The Morgan fingerprint density at radius 2 is 1.72 bits per heavy atom. The largest absolute Gasteiger partial charge is 0.383 e. The summed E-state index contributed by atoms with van der Waals surface area (Å²) in [6, 6.07) is 17.1. The third kappa shape index (κ3) is 3.72. The summed E-state index contributed by atoms with van der Waals surface area (Å²) in [7, 11) is 0. The average molecular weight is 446 g/mol. The van der Waals surface area contributed by atoms with E-state index in [1.807, 2.05) is 30.3 Å². The molecule has 5 rings (SSSR count). The number of hydrogen-bond acceptors (Lipinski definition) is 6. The van der Waals surface area contributed by atoms with Crippen LogP contribution in [0.2, 0.25) is 5.02 Å². The van der Waals surface area contributed by atoms with E-state index < -0.39 is 0 Å². The highest BCUT2D eigenvalue weighted by Gasteiger charge is 2.20. The van der Waals surface area contributed by atoms with Gasteiger partial charge in [0.25, 0.3) is 0 Å². The summed E-state index contributed by atoms with van der Waals surface area (Å²) >= 11 is 6.37. The Bertz CT molecular complexity index is 1400. The van der Waals surface area contributed by atoms with Gasteiger partial charge in [0.1, 0.15) is 11.6 Å². The number of nitrogen functional groups attached to an aromatic ring is 1. The number of benzene rings is 2. The van der Waals surface area contributed by atoms with E-state index in [1.54, 1.807) is 35.3 Å². The molecule has 0 aliphatic heterocycles. The maximum Gasteiger partial charge on any atom is 0.225 e. The molecule has 0 unspecified atom stereocenters. The summed E-state index contributed by atoms with van der Waals surface area (Å²) < 4.78 is 15.1. The zero-order valence-electron chi connectivity index (χ0n) is 16.7. The van der Waals surface area contributed by atoms with Gasteiger partial charge in [-0.15, -0.1) is 5.10 Å². The second kappa shape index (κ2) is 8.24. The van der Waals surface area contributed by atoms with E-state index >= 15 is 0 Å². The molecule has 9 heteroatoms. The number of nitrogens with zero attached hydrogens (tertiary/aromatic N) is 5. The predicted molar refractivity (Wildman–Crippen MR) is 123 cm³/mol. The van der Waals surface area contributed by atoms with E-state index in [0.29, 0.717) is 51.3 Å². The summed E-state index contributed by atoms with van der Waals surface area (Å²) in [6.45, 7) is 0.498. The van der Waals surface area contributed by atoms with Crippen LogP contribution in [0.25, 0.3) is 28.0 Å². The molecule has 3 aromatic heterocycles. The fourth-order valence-corrected chi connectivity index (χ4v) is 3.61. The van der Waals surface area contributed by atoms with Crippen LogP contribution >= 0.6 is 11.6 Å². The minimum atomic E-state index is -0.338. The van der Waals surface area contributed by atoms with Crippen molar-refractivity contribution >= 4 is 34.4 Å². The van der Waals surface area contributed by atoms with Gasteiger partial charge in [0, 0.05) is 24.5 Å². The van der Waals surface area contributed by atoms with E-state index in [4.69, 9.17) is 17.3 Å². The van der Waals surface area contributed by atoms with E-state index in [9.17, 15) is 4.39 Å². The van der Waals surface area contributed by atoms with Gasteiger partial charge in [-0.05, 0) is 54.1 Å². The fraction of sp³-hybridized carbons (Fsp3) is 0.0435. The van der Waals surface area contributed by atoms with Gasteiger partial charge < -0.3 is 11.1 Å². The van der Waals surface area contributed by atoms with Crippen molar-refractivity contribution in [1.29, 1.82) is 0 Å². The number of aromatic nitrogens is 5. The first-order valence-corrected chi connectivity index (χ1v) is 10.2. The molecule has 0 aliphatic carbocycles. The first kappa shape index (κ1) is 19.9. The van der Waals surface area contributed by atoms with Crippen molar-refractivity contribution in [3.63, 3.8) is 0 Å². The van der Waals surface area contributed by atoms with E-state index in [2.05, 4.69) is 25.4 Å². The second-order valence-corrected chi connectivity index (χ2v) is 7.47. The van der Waals surface area contributed by atoms with Crippen molar-refractivity contribution in [2.45, 2.75) is 6.54 Å². The number of fused-ring (bicyclic) bond motifs is 1. The van der Waals surface area contributed by atoms with Crippen LogP contribution < -0.4 is 11.1 Å². The Kier molecular flexibility index (Phi) is 5.12. The van der Waals surface area contributed by atoms with Crippen LogP contribution in [-0.4, -0.2) is 24.7 Å². The van der Waals surface area contributed by atoms with Gasteiger partial charge in [-0.2, -0.15) is 4.98 Å². The Balaban J connectivity index is 1.66. The Hall–Kier alpha value is -4.04. The molecular formula is C23H17ClFN7. The lowest BCUT2D eigenvalue weighted by molar-refractivity contribution is 0.628. The van der Waals surface area contributed by atoms with Crippen LogP contribution in [-0.2, 0) is 6.54 Å². The number of halogens is 2. The molecule has 2 aromatic carbocycles. The lowest BCUT2D eigenvalue weighted by Gasteiger charge is -2.09. The molecule has 32 heavy (non-hydrogen) atoms. The third-order valence-corrected chi connectivity index (χ3v) is 5.29. The molecule has 3 N–H and O–H groups in total. The van der Waals surface area contributed by atoms with Gasteiger partial charge in [0.2, 0.25) is 5.95 Å². The van der Waals surface area contributed by atoms with Gasteiger partial charge in [-0.3, -0.25) is 4.98 Å². The molecule has 5 aromatic rings. The van der Waals surface area contributed by atoms with Gasteiger partial charge >= 0.3 is 0 Å². The number of para-hydroxylation sites is 1. The van der Waals surface area contributed by atoms with Gasteiger partial charge in [-0.25, -0.2) is 14.1 Å². The van der Waals surface area contributed by atoms with E-state index in [0.717, 1.165) is 5.56 Å². The number of anilines is 2. The SMILES string of the molecule is Nc1c2c(-c3ccc(F)cc3)nc(NCc3ccncc3)nc2nn1-c1ccccc1Cl. The topological polar surface area (TPSA) is 94.5 Å². The zero-order valence-corrected chi connectivity index (χ0v) is 17.5. The Labute approximate surface area is 187 Å². The van der Waals surface area contributed by atoms with Crippen LogP contribution in [0.5, 0.6) is 0 Å². The van der Waals surface area contributed by atoms with Crippen molar-refractivity contribution in [2.75, 3.05) is 11.1 Å².